The zero-order chi connectivity index (χ0) is 15.2. The summed E-state index contributed by atoms with van der Waals surface area (Å²) in [4.78, 5) is 12.0. The van der Waals surface area contributed by atoms with Gasteiger partial charge in [0.2, 0.25) is 5.91 Å². The van der Waals surface area contributed by atoms with Crippen molar-refractivity contribution in [3.8, 4) is 11.5 Å². The van der Waals surface area contributed by atoms with Crippen molar-refractivity contribution in [2.24, 2.45) is 0 Å². The highest BCUT2D eigenvalue weighted by Gasteiger charge is 2.21. The van der Waals surface area contributed by atoms with Crippen LogP contribution in [-0.2, 0) is 16.1 Å². The van der Waals surface area contributed by atoms with Crippen LogP contribution in [0.3, 0.4) is 0 Å². The Labute approximate surface area is 144 Å². The molecule has 1 aliphatic rings. The molecule has 2 rings (SSSR count). The van der Waals surface area contributed by atoms with Gasteiger partial charge in [0.15, 0.2) is 11.5 Å². The molecule has 0 aliphatic carbocycles. The first-order valence-corrected chi connectivity index (χ1v) is 7.44. The summed E-state index contributed by atoms with van der Waals surface area (Å²) in [5.41, 5.74) is 0.915. The van der Waals surface area contributed by atoms with Crippen LogP contribution in [0.1, 0.15) is 5.56 Å². The van der Waals surface area contributed by atoms with Crippen LogP contribution in [0.5, 0.6) is 11.5 Å². The third-order valence-corrected chi connectivity index (χ3v) is 3.98. The summed E-state index contributed by atoms with van der Waals surface area (Å²) in [5.74, 6) is 1.20. The molecule has 0 aromatic heterocycles. The van der Waals surface area contributed by atoms with E-state index in [1.807, 2.05) is 12.1 Å². The number of carbonyl (C=O) groups excluding carboxylic acids is 1. The Hall–Kier alpha value is -1.02. The molecule has 1 atom stereocenters. The summed E-state index contributed by atoms with van der Waals surface area (Å²) in [6, 6.07) is 3.37. The van der Waals surface area contributed by atoms with Crippen molar-refractivity contribution in [1.82, 2.24) is 10.6 Å². The molecule has 0 bridgehead atoms. The van der Waals surface area contributed by atoms with Gasteiger partial charge in [0.25, 0.3) is 0 Å². The minimum Gasteiger partial charge on any atom is -0.493 e. The summed E-state index contributed by atoms with van der Waals surface area (Å²) >= 11 is 3.47. The summed E-state index contributed by atoms with van der Waals surface area (Å²) in [6.45, 7) is 2.14. The van der Waals surface area contributed by atoms with Crippen molar-refractivity contribution in [3.63, 3.8) is 0 Å². The number of methoxy groups -OCH3 is 2. The molecule has 1 heterocycles. The number of ether oxygens (including phenoxy) is 3. The molecule has 124 valence electrons. The van der Waals surface area contributed by atoms with Gasteiger partial charge in [-0.25, -0.2) is 0 Å². The zero-order valence-electron chi connectivity index (χ0n) is 12.5. The summed E-state index contributed by atoms with van der Waals surface area (Å²) < 4.78 is 16.6. The Bertz CT molecular complexity index is 510. The van der Waals surface area contributed by atoms with Gasteiger partial charge in [-0.3, -0.25) is 4.79 Å². The van der Waals surface area contributed by atoms with Crippen molar-refractivity contribution < 1.29 is 19.0 Å². The number of halogens is 2. The predicted molar refractivity (Wildman–Crippen MR) is 89.0 cm³/mol. The second kappa shape index (κ2) is 9.19. The van der Waals surface area contributed by atoms with E-state index in [1.54, 1.807) is 14.2 Å². The number of hydrogen-bond acceptors (Lipinski definition) is 5. The number of carbonyl (C=O) groups is 1. The highest BCUT2D eigenvalue weighted by atomic mass is 79.9. The molecule has 2 N–H and O–H groups in total. The van der Waals surface area contributed by atoms with Crippen LogP contribution in [-0.4, -0.2) is 45.9 Å². The second-order valence-corrected chi connectivity index (χ2v) is 5.45. The normalized spacial score (nSPS) is 17.3. The molecule has 0 radical (unpaired) electrons. The third kappa shape index (κ3) is 4.74. The lowest BCUT2D eigenvalue weighted by molar-refractivity contribution is -0.126. The van der Waals surface area contributed by atoms with Crippen LogP contribution >= 0.6 is 28.3 Å². The van der Waals surface area contributed by atoms with Crippen molar-refractivity contribution in [2.45, 2.75) is 12.6 Å². The topological polar surface area (TPSA) is 68.8 Å². The SMILES string of the molecule is COc1cc(Br)c(CNC(=O)C2COCCN2)cc1OC.Cl. The number of hydrogen-bond donors (Lipinski definition) is 2. The van der Waals surface area contributed by atoms with Crippen LogP contribution < -0.4 is 20.1 Å². The van der Waals surface area contributed by atoms with E-state index in [2.05, 4.69) is 26.6 Å². The van der Waals surface area contributed by atoms with Gasteiger partial charge in [-0.15, -0.1) is 12.4 Å². The molecule has 1 unspecified atom stereocenters. The minimum absolute atomic E-state index is 0. The van der Waals surface area contributed by atoms with Gasteiger partial charge in [-0.2, -0.15) is 0 Å². The van der Waals surface area contributed by atoms with Gasteiger partial charge in [-0.1, -0.05) is 15.9 Å². The molecule has 1 aliphatic heterocycles. The fourth-order valence-corrected chi connectivity index (χ4v) is 2.53. The molecule has 6 nitrogen and oxygen atoms in total. The van der Waals surface area contributed by atoms with E-state index in [4.69, 9.17) is 14.2 Å². The van der Waals surface area contributed by atoms with Crippen LogP contribution in [0.25, 0.3) is 0 Å². The molecule has 8 heteroatoms. The standard InChI is InChI=1S/C14H19BrN2O4.ClH/c1-19-12-5-9(10(15)6-13(12)20-2)7-17-14(18)11-8-21-4-3-16-11;/h5-6,11,16H,3-4,7-8H2,1-2H3,(H,17,18);1H. The number of amides is 1. The minimum atomic E-state index is -0.294. The predicted octanol–water partition coefficient (Wildman–Crippen LogP) is 1.49. The van der Waals surface area contributed by atoms with E-state index >= 15 is 0 Å². The number of benzene rings is 1. The monoisotopic (exact) mass is 394 g/mol. The second-order valence-electron chi connectivity index (χ2n) is 4.60. The van der Waals surface area contributed by atoms with Crippen LogP contribution in [0.4, 0.5) is 0 Å². The Morgan fingerprint density at radius 1 is 1.41 bits per heavy atom. The van der Waals surface area contributed by atoms with Gasteiger partial charge in [-0.05, 0) is 17.7 Å². The van der Waals surface area contributed by atoms with E-state index in [-0.39, 0.29) is 24.4 Å². The quantitative estimate of drug-likeness (QED) is 0.791. The Morgan fingerprint density at radius 2 is 2.09 bits per heavy atom. The Kier molecular flexibility index (Phi) is 7.95. The van der Waals surface area contributed by atoms with E-state index in [9.17, 15) is 4.79 Å². The van der Waals surface area contributed by atoms with E-state index in [0.29, 0.717) is 37.8 Å². The molecule has 0 spiro atoms. The molecule has 1 fully saturated rings. The van der Waals surface area contributed by atoms with Crippen LogP contribution in [0, 0.1) is 0 Å². The van der Waals surface area contributed by atoms with Crippen molar-refractivity contribution in [3.05, 3.63) is 22.2 Å². The molecule has 1 amide bonds. The average molecular weight is 396 g/mol. The first-order valence-electron chi connectivity index (χ1n) is 6.65. The smallest absolute Gasteiger partial charge is 0.239 e. The maximum atomic E-state index is 12.0. The molecule has 22 heavy (non-hydrogen) atoms. The van der Waals surface area contributed by atoms with E-state index in [1.165, 1.54) is 0 Å². The highest BCUT2D eigenvalue weighted by Crippen LogP contribution is 2.33. The van der Waals surface area contributed by atoms with Gasteiger partial charge in [0.1, 0.15) is 6.04 Å². The van der Waals surface area contributed by atoms with Crippen molar-refractivity contribution in [1.29, 1.82) is 0 Å². The molecule has 1 aromatic carbocycles. The maximum Gasteiger partial charge on any atom is 0.239 e. The largest absolute Gasteiger partial charge is 0.493 e. The molecular formula is C14H20BrClN2O4. The van der Waals surface area contributed by atoms with E-state index in [0.717, 1.165) is 10.0 Å². The lowest BCUT2D eigenvalue weighted by Gasteiger charge is -2.23. The zero-order valence-corrected chi connectivity index (χ0v) is 14.9. The number of morpholine rings is 1. The van der Waals surface area contributed by atoms with Crippen LogP contribution in [0.2, 0.25) is 0 Å². The fourth-order valence-electron chi connectivity index (χ4n) is 2.07. The van der Waals surface area contributed by atoms with Gasteiger partial charge in [0.05, 0.1) is 27.4 Å². The number of rotatable bonds is 5. The summed E-state index contributed by atoms with van der Waals surface area (Å²) in [7, 11) is 3.16. The average Bonchev–Trinajstić information content (AvgIpc) is 2.53. The van der Waals surface area contributed by atoms with Crippen molar-refractivity contribution >= 4 is 34.2 Å². The lowest BCUT2D eigenvalue weighted by Crippen LogP contribution is -2.51. The van der Waals surface area contributed by atoms with Gasteiger partial charge < -0.3 is 24.8 Å². The van der Waals surface area contributed by atoms with Crippen molar-refractivity contribution in [2.75, 3.05) is 34.0 Å². The first kappa shape index (κ1) is 19.0. The fraction of sp³-hybridized carbons (Fsp3) is 0.500. The highest BCUT2D eigenvalue weighted by molar-refractivity contribution is 9.10. The van der Waals surface area contributed by atoms with Gasteiger partial charge in [0, 0.05) is 17.6 Å². The van der Waals surface area contributed by atoms with Gasteiger partial charge >= 0.3 is 0 Å². The summed E-state index contributed by atoms with van der Waals surface area (Å²) in [6.07, 6.45) is 0. The number of nitrogens with one attached hydrogen (secondary N) is 2. The van der Waals surface area contributed by atoms with Crippen LogP contribution in [0.15, 0.2) is 16.6 Å². The summed E-state index contributed by atoms with van der Waals surface area (Å²) in [5, 5.41) is 6.01. The molecule has 1 aromatic rings. The lowest BCUT2D eigenvalue weighted by atomic mass is 10.2. The maximum absolute atomic E-state index is 12.0. The molecular weight excluding hydrogens is 376 g/mol. The van der Waals surface area contributed by atoms with E-state index < -0.39 is 0 Å². The molecule has 0 saturated carbocycles. The third-order valence-electron chi connectivity index (χ3n) is 3.24. The first-order chi connectivity index (χ1) is 10.2. The molecule has 1 saturated heterocycles. The Morgan fingerprint density at radius 3 is 2.68 bits per heavy atom. The Balaban J connectivity index is 0.00000242.